The van der Waals surface area contributed by atoms with E-state index in [-0.39, 0.29) is 11.7 Å². The lowest BCUT2D eigenvalue weighted by molar-refractivity contribution is 0.0955. The number of aromatic nitrogens is 2. The fourth-order valence-electron chi connectivity index (χ4n) is 2.02. The van der Waals surface area contributed by atoms with Crippen molar-refractivity contribution < 1.29 is 9.90 Å². The minimum atomic E-state index is -0.320. The average Bonchev–Trinajstić information content (AvgIpc) is 2.58. The Labute approximate surface area is 126 Å². The predicted octanol–water partition coefficient (Wildman–Crippen LogP) is 2.10. The molecule has 0 aliphatic rings. The van der Waals surface area contributed by atoms with Crippen molar-refractivity contribution in [1.29, 1.82) is 0 Å². The van der Waals surface area contributed by atoms with Crippen LogP contribution in [0.3, 0.4) is 0 Å². The minimum Gasteiger partial charge on any atom is -0.506 e. The van der Waals surface area contributed by atoms with Crippen molar-refractivity contribution in [3.8, 4) is 5.75 Å². The number of benzene rings is 1. The second-order valence-electron chi connectivity index (χ2n) is 4.51. The summed E-state index contributed by atoms with van der Waals surface area (Å²) < 4.78 is 0. The molecule has 0 fully saturated rings. The van der Waals surface area contributed by atoms with Crippen molar-refractivity contribution in [2.24, 2.45) is 5.10 Å². The number of carbonyl (C=O) groups excluding carboxylic acids is 1. The number of hydrazone groups is 1. The fraction of sp³-hybridized carbons (Fsp3) is 0. The van der Waals surface area contributed by atoms with Gasteiger partial charge in [-0.1, -0.05) is 6.07 Å². The molecule has 22 heavy (non-hydrogen) atoms. The van der Waals surface area contributed by atoms with E-state index in [2.05, 4.69) is 20.5 Å². The van der Waals surface area contributed by atoms with Gasteiger partial charge in [0.1, 0.15) is 11.3 Å². The molecule has 2 aromatic heterocycles. The molecule has 0 unspecified atom stereocenters. The molecule has 6 heteroatoms. The van der Waals surface area contributed by atoms with Crippen LogP contribution in [-0.2, 0) is 0 Å². The molecule has 0 aliphatic carbocycles. The van der Waals surface area contributed by atoms with E-state index in [0.29, 0.717) is 11.1 Å². The number of amides is 1. The van der Waals surface area contributed by atoms with Crippen molar-refractivity contribution in [3.63, 3.8) is 0 Å². The molecule has 1 aromatic carbocycles. The van der Waals surface area contributed by atoms with E-state index < -0.39 is 0 Å². The Morgan fingerprint density at radius 1 is 1.14 bits per heavy atom. The summed E-state index contributed by atoms with van der Waals surface area (Å²) in [7, 11) is 0. The van der Waals surface area contributed by atoms with Crippen molar-refractivity contribution in [3.05, 3.63) is 66.1 Å². The number of pyridine rings is 2. The molecule has 0 radical (unpaired) electrons. The van der Waals surface area contributed by atoms with Gasteiger partial charge in [-0.25, -0.2) is 5.43 Å². The van der Waals surface area contributed by atoms with E-state index in [4.69, 9.17) is 0 Å². The zero-order valence-electron chi connectivity index (χ0n) is 11.5. The first kappa shape index (κ1) is 13.7. The Hall–Kier alpha value is -3.28. The molecule has 108 valence electrons. The Balaban J connectivity index is 1.82. The van der Waals surface area contributed by atoms with Gasteiger partial charge in [0.25, 0.3) is 5.91 Å². The Kier molecular flexibility index (Phi) is 3.74. The molecule has 3 rings (SSSR count). The number of phenolic OH excluding ortho intramolecular Hbond substituents is 1. The lowest BCUT2D eigenvalue weighted by Crippen LogP contribution is -2.17. The summed E-state index contributed by atoms with van der Waals surface area (Å²) in [5, 5.41) is 14.5. The van der Waals surface area contributed by atoms with Crippen molar-refractivity contribution in [2.45, 2.75) is 0 Å². The highest BCUT2D eigenvalue weighted by Gasteiger charge is 2.05. The normalized spacial score (nSPS) is 10.9. The number of hydrogen-bond donors (Lipinski definition) is 2. The minimum absolute atomic E-state index is 0.105. The molecule has 3 aromatic rings. The molecule has 0 aliphatic heterocycles. The second kappa shape index (κ2) is 6.01. The van der Waals surface area contributed by atoms with Crippen molar-refractivity contribution >= 4 is 23.0 Å². The zero-order chi connectivity index (χ0) is 15.4. The molecule has 0 saturated carbocycles. The van der Waals surface area contributed by atoms with E-state index in [9.17, 15) is 9.90 Å². The highest BCUT2D eigenvalue weighted by Crippen LogP contribution is 2.24. The van der Waals surface area contributed by atoms with Gasteiger partial charge in [0, 0.05) is 35.1 Å². The second-order valence-corrected chi connectivity index (χ2v) is 4.51. The first-order valence-corrected chi connectivity index (χ1v) is 6.56. The summed E-state index contributed by atoms with van der Waals surface area (Å²) in [5.41, 5.74) is 4.16. The van der Waals surface area contributed by atoms with E-state index in [1.54, 1.807) is 36.5 Å². The van der Waals surface area contributed by atoms with Gasteiger partial charge in [-0.15, -0.1) is 0 Å². The Bertz CT molecular complexity index is 847. The summed E-state index contributed by atoms with van der Waals surface area (Å²) in [6, 6.07) is 10.1. The van der Waals surface area contributed by atoms with Gasteiger partial charge in [-0.2, -0.15) is 5.10 Å². The largest absolute Gasteiger partial charge is 0.506 e. The summed E-state index contributed by atoms with van der Waals surface area (Å²) >= 11 is 0. The van der Waals surface area contributed by atoms with Crippen LogP contribution in [0.15, 0.2) is 60.1 Å². The summed E-state index contributed by atoms with van der Waals surface area (Å²) in [5.74, 6) is -0.214. The maximum atomic E-state index is 11.8. The number of nitrogens with zero attached hydrogens (tertiary/aromatic N) is 3. The highest BCUT2D eigenvalue weighted by molar-refractivity contribution is 6.01. The van der Waals surface area contributed by atoms with Crippen LogP contribution < -0.4 is 5.43 Å². The third-order valence-electron chi connectivity index (χ3n) is 3.09. The molecule has 0 saturated heterocycles. The zero-order valence-corrected chi connectivity index (χ0v) is 11.5. The molecule has 0 spiro atoms. The lowest BCUT2D eigenvalue weighted by Gasteiger charge is -2.03. The monoisotopic (exact) mass is 292 g/mol. The van der Waals surface area contributed by atoms with Gasteiger partial charge in [0.15, 0.2) is 0 Å². The van der Waals surface area contributed by atoms with Gasteiger partial charge in [0.05, 0.1) is 6.21 Å². The third-order valence-corrected chi connectivity index (χ3v) is 3.09. The SMILES string of the molecule is O=C(N/N=C/c1ccc(O)c2ncccc12)c1ccncc1. The Morgan fingerprint density at radius 3 is 2.77 bits per heavy atom. The highest BCUT2D eigenvalue weighted by atomic mass is 16.3. The van der Waals surface area contributed by atoms with Crippen LogP contribution in [0.4, 0.5) is 0 Å². The molecule has 0 atom stereocenters. The molecular formula is C16H12N4O2. The van der Waals surface area contributed by atoms with Crippen LogP contribution >= 0.6 is 0 Å². The summed E-state index contributed by atoms with van der Waals surface area (Å²) in [6.07, 6.45) is 6.20. The van der Waals surface area contributed by atoms with Gasteiger partial charge in [-0.05, 0) is 30.3 Å². The van der Waals surface area contributed by atoms with E-state index in [1.807, 2.05) is 6.07 Å². The number of aromatic hydroxyl groups is 1. The first-order chi connectivity index (χ1) is 10.8. The fourth-order valence-corrected chi connectivity index (χ4v) is 2.02. The van der Waals surface area contributed by atoms with E-state index in [1.165, 1.54) is 18.6 Å². The first-order valence-electron chi connectivity index (χ1n) is 6.56. The van der Waals surface area contributed by atoms with Crippen molar-refractivity contribution in [1.82, 2.24) is 15.4 Å². The molecule has 2 heterocycles. The van der Waals surface area contributed by atoms with Gasteiger partial charge in [0.2, 0.25) is 0 Å². The van der Waals surface area contributed by atoms with Crippen LogP contribution in [0.1, 0.15) is 15.9 Å². The van der Waals surface area contributed by atoms with Crippen LogP contribution in [0, 0.1) is 0 Å². The van der Waals surface area contributed by atoms with Gasteiger partial charge >= 0.3 is 0 Å². The van der Waals surface area contributed by atoms with Crippen LogP contribution in [0.2, 0.25) is 0 Å². The molecule has 1 amide bonds. The number of rotatable bonds is 3. The number of nitrogens with one attached hydrogen (secondary N) is 1. The molecule has 6 nitrogen and oxygen atoms in total. The maximum Gasteiger partial charge on any atom is 0.271 e. The topological polar surface area (TPSA) is 87.5 Å². The maximum absolute atomic E-state index is 11.8. The Morgan fingerprint density at radius 2 is 1.95 bits per heavy atom. The number of carbonyl (C=O) groups is 1. The number of fused-ring (bicyclic) bond motifs is 1. The quantitative estimate of drug-likeness (QED) is 0.571. The van der Waals surface area contributed by atoms with Gasteiger partial charge < -0.3 is 5.11 Å². The summed E-state index contributed by atoms with van der Waals surface area (Å²) in [6.45, 7) is 0. The van der Waals surface area contributed by atoms with Gasteiger partial charge in [-0.3, -0.25) is 14.8 Å². The smallest absolute Gasteiger partial charge is 0.271 e. The van der Waals surface area contributed by atoms with Crippen LogP contribution in [-0.4, -0.2) is 27.2 Å². The third kappa shape index (κ3) is 2.76. The van der Waals surface area contributed by atoms with Crippen LogP contribution in [0.5, 0.6) is 5.75 Å². The predicted molar refractivity (Wildman–Crippen MR) is 82.7 cm³/mol. The average molecular weight is 292 g/mol. The van der Waals surface area contributed by atoms with Crippen LogP contribution in [0.25, 0.3) is 10.9 Å². The van der Waals surface area contributed by atoms with E-state index in [0.717, 1.165) is 10.9 Å². The number of hydrogen-bond acceptors (Lipinski definition) is 5. The standard InChI is InChI=1S/C16H12N4O2/c21-14-4-3-12(13-2-1-7-18-15(13)14)10-19-20-16(22)11-5-8-17-9-6-11/h1-10,21H,(H,20,22)/b19-10+. The number of phenols is 1. The lowest BCUT2D eigenvalue weighted by atomic mass is 10.1. The molecule has 2 N–H and O–H groups in total. The van der Waals surface area contributed by atoms with E-state index >= 15 is 0 Å². The van der Waals surface area contributed by atoms with Crippen molar-refractivity contribution in [2.75, 3.05) is 0 Å². The molecular weight excluding hydrogens is 280 g/mol. The molecule has 0 bridgehead atoms. The summed E-state index contributed by atoms with van der Waals surface area (Å²) in [4.78, 5) is 19.8.